The van der Waals surface area contributed by atoms with Gasteiger partial charge in [-0.3, -0.25) is 5.10 Å². The summed E-state index contributed by atoms with van der Waals surface area (Å²) >= 11 is 0. The van der Waals surface area contributed by atoms with Gasteiger partial charge in [-0.2, -0.15) is 5.10 Å². The van der Waals surface area contributed by atoms with E-state index < -0.39 is 0 Å². The molecule has 1 atom stereocenters. The molecule has 0 aliphatic rings. The standard InChI is InChI=1S/C10H20N4/c1-4-5-6-8(2)11-7-10-12-9(3)13-14-10/h8,11H,4-7H2,1-3H3,(H,12,13,14). The van der Waals surface area contributed by atoms with Gasteiger partial charge in [0.05, 0.1) is 6.54 Å². The number of nitrogens with one attached hydrogen (secondary N) is 2. The minimum Gasteiger partial charge on any atom is -0.307 e. The monoisotopic (exact) mass is 196 g/mol. The largest absolute Gasteiger partial charge is 0.307 e. The maximum absolute atomic E-state index is 4.23. The van der Waals surface area contributed by atoms with Crippen molar-refractivity contribution < 1.29 is 0 Å². The highest BCUT2D eigenvalue weighted by atomic mass is 15.2. The molecule has 0 aliphatic carbocycles. The summed E-state index contributed by atoms with van der Waals surface area (Å²) in [7, 11) is 0. The molecule has 0 fully saturated rings. The molecule has 0 radical (unpaired) electrons. The van der Waals surface area contributed by atoms with Crippen molar-refractivity contribution in [1.29, 1.82) is 0 Å². The second-order valence-electron chi connectivity index (χ2n) is 3.76. The van der Waals surface area contributed by atoms with Crippen LogP contribution in [0.3, 0.4) is 0 Å². The normalized spacial score (nSPS) is 13.1. The van der Waals surface area contributed by atoms with Crippen molar-refractivity contribution in [3.8, 4) is 0 Å². The molecule has 0 aromatic carbocycles. The summed E-state index contributed by atoms with van der Waals surface area (Å²) in [6.07, 6.45) is 3.76. The fourth-order valence-electron chi connectivity index (χ4n) is 1.35. The molecule has 0 amide bonds. The highest BCUT2D eigenvalue weighted by molar-refractivity contribution is 4.87. The molecule has 0 spiro atoms. The predicted octanol–water partition coefficient (Wildman–Crippen LogP) is 1.78. The van der Waals surface area contributed by atoms with Crippen LogP contribution in [0.5, 0.6) is 0 Å². The first-order valence-corrected chi connectivity index (χ1v) is 5.33. The van der Waals surface area contributed by atoms with Crippen molar-refractivity contribution in [2.45, 2.75) is 52.6 Å². The second-order valence-corrected chi connectivity index (χ2v) is 3.76. The van der Waals surface area contributed by atoms with Crippen LogP contribution in [0.2, 0.25) is 0 Å². The number of aromatic amines is 1. The number of H-pyrrole nitrogens is 1. The summed E-state index contributed by atoms with van der Waals surface area (Å²) in [5.41, 5.74) is 0. The predicted molar refractivity (Wildman–Crippen MR) is 56.9 cm³/mol. The van der Waals surface area contributed by atoms with Gasteiger partial charge in [0.25, 0.3) is 0 Å². The highest BCUT2D eigenvalue weighted by Gasteiger charge is 2.03. The van der Waals surface area contributed by atoms with Crippen molar-refractivity contribution in [3.05, 3.63) is 11.6 Å². The fraction of sp³-hybridized carbons (Fsp3) is 0.800. The Morgan fingerprint density at radius 1 is 1.50 bits per heavy atom. The van der Waals surface area contributed by atoms with Gasteiger partial charge in [0, 0.05) is 6.04 Å². The molecule has 4 nitrogen and oxygen atoms in total. The summed E-state index contributed by atoms with van der Waals surface area (Å²) in [4.78, 5) is 4.23. The summed E-state index contributed by atoms with van der Waals surface area (Å²) in [5.74, 6) is 1.73. The van der Waals surface area contributed by atoms with Crippen LogP contribution in [0.25, 0.3) is 0 Å². The minimum atomic E-state index is 0.550. The SMILES string of the molecule is CCCCC(C)NCc1n[nH]c(C)n1. The minimum absolute atomic E-state index is 0.550. The van der Waals surface area contributed by atoms with Crippen LogP contribution in [0.1, 0.15) is 44.8 Å². The first-order chi connectivity index (χ1) is 6.72. The van der Waals surface area contributed by atoms with Gasteiger partial charge >= 0.3 is 0 Å². The topological polar surface area (TPSA) is 53.6 Å². The maximum Gasteiger partial charge on any atom is 0.164 e. The van der Waals surface area contributed by atoms with E-state index >= 15 is 0 Å². The number of rotatable bonds is 6. The Labute approximate surface area is 85.5 Å². The van der Waals surface area contributed by atoms with Crippen LogP contribution in [0.4, 0.5) is 0 Å². The van der Waals surface area contributed by atoms with Crippen LogP contribution in [0.15, 0.2) is 0 Å². The molecule has 1 aromatic rings. The second kappa shape index (κ2) is 5.75. The third kappa shape index (κ3) is 3.87. The van der Waals surface area contributed by atoms with E-state index in [1.54, 1.807) is 0 Å². The van der Waals surface area contributed by atoms with E-state index in [0.29, 0.717) is 6.04 Å². The number of aryl methyl sites for hydroxylation is 1. The van der Waals surface area contributed by atoms with Crippen LogP contribution in [0, 0.1) is 6.92 Å². The van der Waals surface area contributed by atoms with E-state index in [2.05, 4.69) is 34.3 Å². The van der Waals surface area contributed by atoms with Gasteiger partial charge < -0.3 is 5.32 Å². The molecule has 0 saturated heterocycles. The van der Waals surface area contributed by atoms with Crippen molar-refractivity contribution in [2.24, 2.45) is 0 Å². The Hall–Kier alpha value is -0.900. The molecule has 1 rings (SSSR count). The lowest BCUT2D eigenvalue weighted by Gasteiger charge is -2.11. The molecular weight excluding hydrogens is 176 g/mol. The Morgan fingerprint density at radius 2 is 2.29 bits per heavy atom. The molecule has 0 saturated carbocycles. The third-order valence-electron chi connectivity index (χ3n) is 2.24. The van der Waals surface area contributed by atoms with Crippen molar-refractivity contribution in [1.82, 2.24) is 20.5 Å². The third-order valence-corrected chi connectivity index (χ3v) is 2.24. The van der Waals surface area contributed by atoms with Gasteiger partial charge in [-0.05, 0) is 20.3 Å². The van der Waals surface area contributed by atoms with E-state index in [1.807, 2.05) is 6.92 Å². The molecular formula is C10H20N4. The van der Waals surface area contributed by atoms with E-state index in [9.17, 15) is 0 Å². The van der Waals surface area contributed by atoms with Gasteiger partial charge in [0.15, 0.2) is 5.82 Å². The first-order valence-electron chi connectivity index (χ1n) is 5.33. The lowest BCUT2D eigenvalue weighted by atomic mass is 10.1. The maximum atomic E-state index is 4.23. The quantitative estimate of drug-likeness (QED) is 0.729. The molecule has 4 heteroatoms. The zero-order valence-corrected chi connectivity index (χ0v) is 9.30. The summed E-state index contributed by atoms with van der Waals surface area (Å²) in [5, 5.41) is 10.3. The molecule has 14 heavy (non-hydrogen) atoms. The Kier molecular flexibility index (Phi) is 4.59. The molecule has 0 bridgehead atoms. The zero-order chi connectivity index (χ0) is 10.4. The summed E-state index contributed by atoms with van der Waals surface area (Å²) in [6.45, 7) is 7.09. The van der Waals surface area contributed by atoms with Crippen molar-refractivity contribution in [2.75, 3.05) is 0 Å². The molecule has 1 unspecified atom stereocenters. The number of hydrogen-bond donors (Lipinski definition) is 2. The van der Waals surface area contributed by atoms with Crippen molar-refractivity contribution in [3.63, 3.8) is 0 Å². The van der Waals surface area contributed by atoms with Gasteiger partial charge in [-0.15, -0.1) is 0 Å². The number of unbranched alkanes of at least 4 members (excludes halogenated alkanes) is 1. The fourth-order valence-corrected chi connectivity index (χ4v) is 1.35. The van der Waals surface area contributed by atoms with Crippen LogP contribution in [-0.4, -0.2) is 21.2 Å². The smallest absolute Gasteiger partial charge is 0.164 e. The van der Waals surface area contributed by atoms with Gasteiger partial charge in [0.2, 0.25) is 0 Å². The number of nitrogens with zero attached hydrogens (tertiary/aromatic N) is 2. The lowest BCUT2D eigenvalue weighted by Crippen LogP contribution is -2.25. The Morgan fingerprint density at radius 3 is 2.86 bits per heavy atom. The molecule has 0 aliphatic heterocycles. The van der Waals surface area contributed by atoms with E-state index in [-0.39, 0.29) is 0 Å². The Balaban J connectivity index is 2.20. The Bertz CT molecular complexity index is 256. The molecule has 2 N–H and O–H groups in total. The molecule has 1 heterocycles. The zero-order valence-electron chi connectivity index (χ0n) is 9.30. The summed E-state index contributed by atoms with van der Waals surface area (Å²) < 4.78 is 0. The average Bonchev–Trinajstić information content (AvgIpc) is 2.58. The van der Waals surface area contributed by atoms with Gasteiger partial charge in [0.1, 0.15) is 5.82 Å². The van der Waals surface area contributed by atoms with Gasteiger partial charge in [-0.1, -0.05) is 19.8 Å². The van der Waals surface area contributed by atoms with Crippen molar-refractivity contribution >= 4 is 0 Å². The van der Waals surface area contributed by atoms with Crippen LogP contribution >= 0.6 is 0 Å². The van der Waals surface area contributed by atoms with Gasteiger partial charge in [-0.25, -0.2) is 4.98 Å². The number of hydrogen-bond acceptors (Lipinski definition) is 3. The van der Waals surface area contributed by atoms with Crippen LogP contribution < -0.4 is 5.32 Å². The first kappa shape index (κ1) is 11.2. The number of aromatic nitrogens is 3. The molecule has 80 valence electrons. The lowest BCUT2D eigenvalue weighted by molar-refractivity contribution is 0.487. The average molecular weight is 196 g/mol. The summed E-state index contributed by atoms with van der Waals surface area (Å²) in [6, 6.07) is 0.550. The van der Waals surface area contributed by atoms with E-state index in [0.717, 1.165) is 18.2 Å². The molecule has 1 aromatic heterocycles. The van der Waals surface area contributed by atoms with E-state index in [4.69, 9.17) is 0 Å². The highest BCUT2D eigenvalue weighted by Crippen LogP contribution is 2.00. The van der Waals surface area contributed by atoms with E-state index in [1.165, 1.54) is 19.3 Å². The van der Waals surface area contributed by atoms with Crippen LogP contribution in [-0.2, 0) is 6.54 Å².